The third-order valence-electron chi connectivity index (χ3n) is 4.11. The molecule has 0 radical (unpaired) electrons. The lowest BCUT2D eigenvalue weighted by molar-refractivity contribution is 0.249. The van der Waals surface area contributed by atoms with E-state index in [0.29, 0.717) is 17.9 Å². The van der Waals surface area contributed by atoms with E-state index in [9.17, 15) is 8.42 Å². The molecule has 0 spiro atoms. The molecule has 1 fully saturated rings. The van der Waals surface area contributed by atoms with Gasteiger partial charge in [0, 0.05) is 13.2 Å². The number of hydrogen-bond donors (Lipinski definition) is 2. The Morgan fingerprint density at radius 2 is 1.75 bits per heavy atom. The highest BCUT2D eigenvalue weighted by Crippen LogP contribution is 2.48. The van der Waals surface area contributed by atoms with Crippen molar-refractivity contribution < 1.29 is 13.5 Å². The Morgan fingerprint density at radius 3 is 2.20 bits per heavy atom. The average molecular weight is 297 g/mol. The van der Waals surface area contributed by atoms with Crippen LogP contribution in [0.25, 0.3) is 0 Å². The minimum absolute atomic E-state index is 0.0195. The van der Waals surface area contributed by atoms with Gasteiger partial charge in [-0.3, -0.25) is 0 Å². The van der Waals surface area contributed by atoms with Crippen LogP contribution >= 0.6 is 0 Å². The van der Waals surface area contributed by atoms with Crippen molar-refractivity contribution in [3.63, 3.8) is 0 Å². The molecule has 1 aromatic rings. The van der Waals surface area contributed by atoms with Gasteiger partial charge in [0.2, 0.25) is 10.0 Å². The summed E-state index contributed by atoms with van der Waals surface area (Å²) < 4.78 is 27.7. The standard InChI is InChI=1S/C15H23NO3S/c1-11-8-12(2)14(13(3)9-11)20(18,19)16-10-15(4-5-15)6-7-17/h8-9,16-17H,4-7,10H2,1-3H3. The molecular weight excluding hydrogens is 274 g/mol. The van der Waals surface area contributed by atoms with Crippen molar-refractivity contribution in [3.8, 4) is 0 Å². The Hall–Kier alpha value is -0.910. The van der Waals surface area contributed by atoms with E-state index in [0.717, 1.165) is 29.5 Å². The first-order valence-corrected chi connectivity index (χ1v) is 8.46. The Bertz CT molecular complexity index is 581. The van der Waals surface area contributed by atoms with E-state index in [-0.39, 0.29) is 12.0 Å². The third-order valence-corrected chi connectivity index (χ3v) is 5.82. The van der Waals surface area contributed by atoms with Crippen LogP contribution in [0.1, 0.15) is 36.0 Å². The molecule has 20 heavy (non-hydrogen) atoms. The fourth-order valence-corrected chi connectivity index (χ4v) is 4.45. The molecule has 0 bridgehead atoms. The number of hydrogen-bond acceptors (Lipinski definition) is 3. The molecule has 0 saturated heterocycles. The van der Waals surface area contributed by atoms with E-state index in [4.69, 9.17) is 5.11 Å². The van der Waals surface area contributed by atoms with Crippen LogP contribution in [0.4, 0.5) is 0 Å². The number of benzene rings is 1. The summed E-state index contributed by atoms with van der Waals surface area (Å²) >= 11 is 0. The minimum atomic E-state index is -3.48. The summed E-state index contributed by atoms with van der Waals surface area (Å²) in [7, 11) is -3.48. The Kier molecular flexibility index (Phi) is 4.23. The molecule has 2 N–H and O–H groups in total. The number of rotatable bonds is 6. The Morgan fingerprint density at radius 1 is 1.20 bits per heavy atom. The maximum absolute atomic E-state index is 12.5. The molecule has 0 atom stereocenters. The topological polar surface area (TPSA) is 66.4 Å². The Balaban J connectivity index is 2.19. The monoisotopic (exact) mass is 297 g/mol. The third kappa shape index (κ3) is 3.22. The molecule has 0 amide bonds. The summed E-state index contributed by atoms with van der Waals surface area (Å²) in [6, 6.07) is 3.78. The van der Waals surface area contributed by atoms with Crippen LogP contribution < -0.4 is 4.72 Å². The van der Waals surface area contributed by atoms with E-state index in [1.165, 1.54) is 0 Å². The summed E-state index contributed by atoms with van der Waals surface area (Å²) in [5.74, 6) is 0. The van der Waals surface area contributed by atoms with E-state index in [1.54, 1.807) is 0 Å². The van der Waals surface area contributed by atoms with Crippen molar-refractivity contribution in [2.75, 3.05) is 13.2 Å². The molecule has 0 heterocycles. The van der Waals surface area contributed by atoms with E-state index < -0.39 is 10.0 Å². The molecule has 1 aromatic carbocycles. The van der Waals surface area contributed by atoms with Gasteiger partial charge in [0.1, 0.15) is 0 Å². The SMILES string of the molecule is Cc1cc(C)c(S(=O)(=O)NCC2(CCO)CC2)c(C)c1. The van der Waals surface area contributed by atoms with Gasteiger partial charge >= 0.3 is 0 Å². The van der Waals surface area contributed by atoms with Crippen LogP contribution in [-0.2, 0) is 10.0 Å². The van der Waals surface area contributed by atoms with Crippen molar-refractivity contribution in [2.45, 2.75) is 44.9 Å². The molecule has 5 heteroatoms. The molecule has 112 valence electrons. The highest BCUT2D eigenvalue weighted by Gasteiger charge is 2.42. The molecule has 0 aromatic heterocycles. The van der Waals surface area contributed by atoms with Crippen LogP contribution in [0.15, 0.2) is 17.0 Å². The number of nitrogens with one attached hydrogen (secondary N) is 1. The normalized spacial score (nSPS) is 17.2. The zero-order chi connectivity index (χ0) is 15.0. The van der Waals surface area contributed by atoms with Crippen molar-refractivity contribution in [1.82, 2.24) is 4.72 Å². The maximum atomic E-state index is 12.5. The fraction of sp³-hybridized carbons (Fsp3) is 0.600. The van der Waals surface area contributed by atoms with Crippen molar-refractivity contribution in [3.05, 3.63) is 28.8 Å². The van der Waals surface area contributed by atoms with Crippen LogP contribution in [0.3, 0.4) is 0 Å². The second kappa shape index (κ2) is 5.47. The van der Waals surface area contributed by atoms with Gasteiger partial charge in [0.05, 0.1) is 4.90 Å². The zero-order valence-electron chi connectivity index (χ0n) is 12.4. The molecule has 0 aliphatic heterocycles. The highest BCUT2D eigenvalue weighted by atomic mass is 32.2. The van der Waals surface area contributed by atoms with Crippen molar-refractivity contribution in [2.24, 2.45) is 5.41 Å². The van der Waals surface area contributed by atoms with E-state index >= 15 is 0 Å². The van der Waals surface area contributed by atoms with E-state index in [1.807, 2.05) is 32.9 Å². The lowest BCUT2D eigenvalue weighted by atomic mass is 10.0. The predicted molar refractivity (Wildman–Crippen MR) is 79.2 cm³/mol. The summed E-state index contributed by atoms with van der Waals surface area (Å²) in [6.45, 7) is 6.15. The largest absolute Gasteiger partial charge is 0.396 e. The molecule has 1 saturated carbocycles. The minimum Gasteiger partial charge on any atom is -0.396 e. The summed E-state index contributed by atoms with van der Waals surface area (Å²) in [6.07, 6.45) is 2.64. The van der Waals surface area contributed by atoms with Crippen LogP contribution in [0, 0.1) is 26.2 Å². The van der Waals surface area contributed by atoms with Gasteiger partial charge in [-0.25, -0.2) is 13.1 Å². The number of aliphatic hydroxyl groups is 1. The lowest BCUT2D eigenvalue weighted by Crippen LogP contribution is -2.31. The zero-order valence-corrected chi connectivity index (χ0v) is 13.2. The first-order chi connectivity index (χ1) is 9.30. The predicted octanol–water partition coefficient (Wildman–Crippen LogP) is 2.05. The lowest BCUT2D eigenvalue weighted by Gasteiger charge is -2.17. The average Bonchev–Trinajstić information content (AvgIpc) is 3.06. The molecule has 2 rings (SSSR count). The molecule has 1 aliphatic carbocycles. The fourth-order valence-electron chi connectivity index (χ4n) is 2.84. The second-order valence-corrected chi connectivity index (χ2v) is 7.73. The molecule has 1 aliphatic rings. The maximum Gasteiger partial charge on any atom is 0.241 e. The first-order valence-electron chi connectivity index (χ1n) is 6.98. The summed E-state index contributed by atoms with van der Waals surface area (Å²) in [4.78, 5) is 0.392. The van der Waals surface area contributed by atoms with Gasteiger partial charge in [-0.05, 0) is 56.6 Å². The van der Waals surface area contributed by atoms with Crippen LogP contribution in [0.5, 0.6) is 0 Å². The van der Waals surface area contributed by atoms with E-state index in [2.05, 4.69) is 4.72 Å². The Labute approximate surface area is 121 Å². The van der Waals surface area contributed by atoms with Crippen LogP contribution in [-0.4, -0.2) is 26.7 Å². The van der Waals surface area contributed by atoms with Gasteiger partial charge in [-0.2, -0.15) is 0 Å². The van der Waals surface area contributed by atoms with Gasteiger partial charge in [-0.15, -0.1) is 0 Å². The van der Waals surface area contributed by atoms with Gasteiger partial charge in [-0.1, -0.05) is 17.7 Å². The highest BCUT2D eigenvalue weighted by molar-refractivity contribution is 7.89. The molecule has 4 nitrogen and oxygen atoms in total. The van der Waals surface area contributed by atoms with Crippen molar-refractivity contribution >= 4 is 10.0 Å². The molecular formula is C15H23NO3S. The number of aryl methyl sites for hydroxylation is 3. The number of aliphatic hydroxyl groups excluding tert-OH is 1. The summed E-state index contributed by atoms with van der Waals surface area (Å²) in [5.41, 5.74) is 2.61. The second-order valence-electron chi connectivity index (χ2n) is 6.03. The quantitative estimate of drug-likeness (QED) is 0.844. The summed E-state index contributed by atoms with van der Waals surface area (Å²) in [5, 5.41) is 9.03. The molecule has 0 unspecified atom stereocenters. The first kappa shape index (κ1) is 15.5. The van der Waals surface area contributed by atoms with Gasteiger partial charge in [0.25, 0.3) is 0 Å². The van der Waals surface area contributed by atoms with Gasteiger partial charge < -0.3 is 5.11 Å². The van der Waals surface area contributed by atoms with Gasteiger partial charge in [0.15, 0.2) is 0 Å². The smallest absolute Gasteiger partial charge is 0.241 e. The number of sulfonamides is 1. The van der Waals surface area contributed by atoms with Crippen LogP contribution in [0.2, 0.25) is 0 Å². The van der Waals surface area contributed by atoms with Crippen molar-refractivity contribution in [1.29, 1.82) is 0 Å².